The average Bonchev–Trinajstić information content (AvgIpc) is 2.99. The lowest BCUT2D eigenvalue weighted by atomic mass is 10.3. The van der Waals surface area contributed by atoms with Gasteiger partial charge < -0.3 is 20.5 Å². The van der Waals surface area contributed by atoms with Gasteiger partial charge in [0.2, 0.25) is 5.78 Å². The summed E-state index contributed by atoms with van der Waals surface area (Å²) < 4.78 is 4.92. The number of nitrogens with one attached hydrogen (secondary N) is 2. The molecule has 2 aromatic rings. The van der Waals surface area contributed by atoms with Crippen LogP contribution in [-0.2, 0) is 0 Å². The summed E-state index contributed by atoms with van der Waals surface area (Å²) in [6.07, 6.45) is 5.35. The van der Waals surface area contributed by atoms with Crippen molar-refractivity contribution >= 4 is 17.5 Å². The van der Waals surface area contributed by atoms with Crippen LogP contribution < -0.4 is 11.1 Å². The molecular formula is C11H10N4O3. The van der Waals surface area contributed by atoms with E-state index in [1.54, 1.807) is 12.1 Å². The van der Waals surface area contributed by atoms with Gasteiger partial charge in [0, 0.05) is 12.3 Å². The summed E-state index contributed by atoms with van der Waals surface area (Å²) in [5.41, 5.74) is 5.26. The lowest BCUT2D eigenvalue weighted by Gasteiger charge is -1.97. The molecule has 1 amide bonds. The number of rotatable bonds is 5. The van der Waals surface area contributed by atoms with Crippen molar-refractivity contribution in [2.24, 2.45) is 5.73 Å². The smallest absolute Gasteiger partial charge is 0.269 e. The number of nitrogens with two attached hydrogens (primary N) is 1. The SMILES string of the molecule is NC(=O)c1[nH]cnc1N/C=C/C(=O)c1ccco1. The molecule has 0 saturated heterocycles. The lowest BCUT2D eigenvalue weighted by Crippen LogP contribution is -2.13. The van der Waals surface area contributed by atoms with Gasteiger partial charge in [-0.3, -0.25) is 9.59 Å². The number of aromatic amines is 1. The number of allylic oxidation sites excluding steroid dienone is 1. The van der Waals surface area contributed by atoms with Crippen LogP contribution in [0, 0.1) is 0 Å². The van der Waals surface area contributed by atoms with Gasteiger partial charge in [0.1, 0.15) is 5.69 Å². The molecule has 7 nitrogen and oxygen atoms in total. The number of anilines is 1. The van der Waals surface area contributed by atoms with Crippen LogP contribution in [0.5, 0.6) is 0 Å². The lowest BCUT2D eigenvalue weighted by molar-refractivity contribution is 0.0994. The van der Waals surface area contributed by atoms with Crippen LogP contribution in [0.2, 0.25) is 0 Å². The molecule has 18 heavy (non-hydrogen) atoms. The number of ketones is 1. The fourth-order valence-corrected chi connectivity index (χ4v) is 1.29. The number of furan rings is 1. The number of amides is 1. The number of hydrogen-bond acceptors (Lipinski definition) is 5. The highest BCUT2D eigenvalue weighted by molar-refractivity contribution is 6.02. The maximum atomic E-state index is 11.5. The third-order valence-electron chi connectivity index (χ3n) is 2.10. The Morgan fingerprint density at radius 2 is 2.33 bits per heavy atom. The molecule has 0 unspecified atom stereocenters. The highest BCUT2D eigenvalue weighted by atomic mass is 16.3. The molecule has 0 atom stereocenters. The molecule has 0 spiro atoms. The third-order valence-corrected chi connectivity index (χ3v) is 2.10. The number of hydrogen-bond donors (Lipinski definition) is 3. The Morgan fingerprint density at radius 1 is 1.50 bits per heavy atom. The second-order valence-electron chi connectivity index (χ2n) is 3.31. The quantitative estimate of drug-likeness (QED) is 0.536. The molecule has 0 bridgehead atoms. The van der Waals surface area contributed by atoms with Crippen LogP contribution in [0.15, 0.2) is 41.4 Å². The second kappa shape index (κ2) is 5.00. The molecule has 2 aromatic heterocycles. The Balaban J connectivity index is 2.01. The van der Waals surface area contributed by atoms with E-state index in [-0.39, 0.29) is 23.1 Å². The Hall–Kier alpha value is -2.83. The Bertz CT molecular complexity index is 583. The molecule has 0 aromatic carbocycles. The summed E-state index contributed by atoms with van der Waals surface area (Å²) in [6, 6.07) is 3.17. The minimum absolute atomic E-state index is 0.144. The van der Waals surface area contributed by atoms with Gasteiger partial charge >= 0.3 is 0 Å². The van der Waals surface area contributed by atoms with E-state index in [0.29, 0.717) is 0 Å². The number of H-pyrrole nitrogens is 1. The van der Waals surface area contributed by atoms with Crippen LogP contribution >= 0.6 is 0 Å². The Morgan fingerprint density at radius 3 is 3.00 bits per heavy atom. The van der Waals surface area contributed by atoms with Gasteiger partial charge in [0.25, 0.3) is 5.91 Å². The molecule has 0 aliphatic rings. The molecular weight excluding hydrogens is 236 g/mol. The van der Waals surface area contributed by atoms with E-state index in [2.05, 4.69) is 15.3 Å². The van der Waals surface area contributed by atoms with Crippen LogP contribution in [0.1, 0.15) is 21.0 Å². The van der Waals surface area contributed by atoms with Gasteiger partial charge in [0.15, 0.2) is 11.6 Å². The number of imidazole rings is 1. The van der Waals surface area contributed by atoms with E-state index in [9.17, 15) is 9.59 Å². The third kappa shape index (κ3) is 2.46. The largest absolute Gasteiger partial charge is 0.461 e. The molecule has 0 saturated carbocycles. The zero-order valence-electron chi connectivity index (χ0n) is 9.21. The molecule has 2 rings (SSSR count). The maximum Gasteiger partial charge on any atom is 0.269 e. The maximum absolute atomic E-state index is 11.5. The van der Waals surface area contributed by atoms with Crippen molar-refractivity contribution in [3.63, 3.8) is 0 Å². The predicted molar refractivity (Wildman–Crippen MR) is 62.9 cm³/mol. The van der Waals surface area contributed by atoms with Gasteiger partial charge in [-0.1, -0.05) is 0 Å². The fourth-order valence-electron chi connectivity index (χ4n) is 1.29. The zero-order chi connectivity index (χ0) is 13.0. The predicted octanol–water partition coefficient (Wildman–Crippen LogP) is 0.910. The first kappa shape index (κ1) is 11.6. The van der Waals surface area contributed by atoms with Gasteiger partial charge in [-0.2, -0.15) is 0 Å². The van der Waals surface area contributed by atoms with Gasteiger partial charge in [-0.05, 0) is 12.1 Å². The van der Waals surface area contributed by atoms with E-state index >= 15 is 0 Å². The summed E-state index contributed by atoms with van der Waals surface area (Å²) >= 11 is 0. The molecule has 0 aliphatic carbocycles. The number of nitrogens with zero attached hydrogens (tertiary/aromatic N) is 1. The van der Waals surface area contributed by atoms with Crippen LogP contribution in [-0.4, -0.2) is 21.7 Å². The summed E-state index contributed by atoms with van der Waals surface area (Å²) in [5.74, 6) is -0.458. The standard InChI is InChI=1S/C11H10N4O3/c12-10(17)9-11(15-6-14-9)13-4-3-7(16)8-2-1-5-18-8/h1-6,13H,(H2,12,17)(H,14,15)/b4-3+. The first-order valence-corrected chi connectivity index (χ1v) is 5.02. The zero-order valence-corrected chi connectivity index (χ0v) is 9.21. The van der Waals surface area contributed by atoms with Crippen molar-refractivity contribution in [1.29, 1.82) is 0 Å². The molecule has 2 heterocycles. The van der Waals surface area contributed by atoms with Gasteiger partial charge in [-0.15, -0.1) is 0 Å². The minimum Gasteiger partial charge on any atom is -0.461 e. The fraction of sp³-hybridized carbons (Fsp3) is 0. The number of carbonyl (C=O) groups is 2. The molecule has 7 heteroatoms. The van der Waals surface area contributed by atoms with E-state index < -0.39 is 5.91 Å². The first-order chi connectivity index (χ1) is 8.68. The van der Waals surface area contributed by atoms with Crippen LogP contribution in [0.3, 0.4) is 0 Å². The average molecular weight is 246 g/mol. The number of aromatic nitrogens is 2. The van der Waals surface area contributed by atoms with Gasteiger partial charge in [-0.25, -0.2) is 4.98 Å². The first-order valence-electron chi connectivity index (χ1n) is 5.02. The van der Waals surface area contributed by atoms with E-state index in [1.165, 1.54) is 24.9 Å². The van der Waals surface area contributed by atoms with Crippen molar-refractivity contribution in [3.8, 4) is 0 Å². The minimum atomic E-state index is -0.638. The highest BCUT2D eigenvalue weighted by Crippen LogP contribution is 2.08. The monoisotopic (exact) mass is 246 g/mol. The van der Waals surface area contributed by atoms with Crippen molar-refractivity contribution in [2.45, 2.75) is 0 Å². The molecule has 4 N–H and O–H groups in total. The second-order valence-corrected chi connectivity index (χ2v) is 3.31. The van der Waals surface area contributed by atoms with E-state index in [1.807, 2.05) is 0 Å². The van der Waals surface area contributed by atoms with E-state index in [0.717, 1.165) is 0 Å². The van der Waals surface area contributed by atoms with Gasteiger partial charge in [0.05, 0.1) is 12.6 Å². The summed E-state index contributed by atoms with van der Waals surface area (Å²) in [4.78, 5) is 28.9. The van der Waals surface area contributed by atoms with E-state index in [4.69, 9.17) is 10.2 Å². The van der Waals surface area contributed by atoms with Crippen LogP contribution in [0.25, 0.3) is 0 Å². The Labute approximate surface area is 102 Å². The number of primary amides is 1. The molecule has 0 fully saturated rings. The topological polar surface area (TPSA) is 114 Å². The summed E-state index contributed by atoms with van der Waals surface area (Å²) in [7, 11) is 0. The summed E-state index contributed by atoms with van der Waals surface area (Å²) in [5, 5.41) is 2.68. The molecule has 92 valence electrons. The summed E-state index contributed by atoms with van der Waals surface area (Å²) in [6.45, 7) is 0. The molecule has 0 radical (unpaired) electrons. The van der Waals surface area contributed by atoms with Crippen molar-refractivity contribution in [1.82, 2.24) is 9.97 Å². The highest BCUT2D eigenvalue weighted by Gasteiger charge is 2.09. The van der Waals surface area contributed by atoms with Crippen LogP contribution in [0.4, 0.5) is 5.82 Å². The van der Waals surface area contributed by atoms with Crippen molar-refractivity contribution in [3.05, 3.63) is 48.5 Å². The Kier molecular flexibility index (Phi) is 3.24. The van der Waals surface area contributed by atoms with Crippen molar-refractivity contribution in [2.75, 3.05) is 5.32 Å². The van der Waals surface area contributed by atoms with Crippen molar-refractivity contribution < 1.29 is 14.0 Å². The number of carbonyl (C=O) groups excluding carboxylic acids is 2. The normalized spacial score (nSPS) is 10.7. The molecule has 0 aliphatic heterocycles.